The van der Waals surface area contributed by atoms with Gasteiger partial charge in [0.05, 0.1) is 10.9 Å². The highest BCUT2D eigenvalue weighted by Gasteiger charge is 2.30. The van der Waals surface area contributed by atoms with E-state index in [1.54, 1.807) is 0 Å². The molecule has 3 aromatic carbocycles. The SMILES string of the molecule is CCC1=[N+](Cc2ccccc2)c2cccc3cccc1c23. The van der Waals surface area contributed by atoms with Gasteiger partial charge in [-0.15, -0.1) is 0 Å². The molecule has 0 aromatic heterocycles. The third-order valence-electron chi connectivity index (χ3n) is 4.33. The summed E-state index contributed by atoms with van der Waals surface area (Å²) in [5.41, 5.74) is 5.55. The molecule has 1 nitrogen and oxygen atoms in total. The summed E-state index contributed by atoms with van der Waals surface area (Å²) in [6.07, 6.45) is 1.06. The zero-order chi connectivity index (χ0) is 14.2. The molecule has 1 heterocycles. The van der Waals surface area contributed by atoms with Gasteiger partial charge in [0.15, 0.2) is 12.3 Å². The Morgan fingerprint density at radius 3 is 2.33 bits per heavy atom. The Labute approximate surface area is 125 Å². The summed E-state index contributed by atoms with van der Waals surface area (Å²) >= 11 is 0. The highest BCUT2D eigenvalue weighted by molar-refractivity contribution is 6.15. The fourth-order valence-corrected chi connectivity index (χ4v) is 3.41. The van der Waals surface area contributed by atoms with Crippen molar-refractivity contribution >= 4 is 22.2 Å². The van der Waals surface area contributed by atoms with Gasteiger partial charge in [-0.05, 0) is 11.5 Å². The molecule has 3 aromatic rings. The summed E-state index contributed by atoms with van der Waals surface area (Å²) in [4.78, 5) is 0. The molecular weight excluding hydrogens is 254 g/mol. The Kier molecular flexibility index (Phi) is 2.85. The van der Waals surface area contributed by atoms with Crippen molar-refractivity contribution in [1.82, 2.24) is 0 Å². The molecule has 0 bridgehead atoms. The Hall–Kier alpha value is -2.41. The number of nitrogens with zero attached hydrogens (tertiary/aromatic N) is 1. The summed E-state index contributed by atoms with van der Waals surface area (Å²) in [7, 11) is 0. The number of hydrogen-bond acceptors (Lipinski definition) is 0. The van der Waals surface area contributed by atoms with Crippen LogP contribution in [0.15, 0.2) is 66.7 Å². The van der Waals surface area contributed by atoms with Gasteiger partial charge in [0.1, 0.15) is 0 Å². The largest absolute Gasteiger partial charge is 0.214 e. The minimum Gasteiger partial charge on any atom is -0.191 e. The molecule has 0 spiro atoms. The van der Waals surface area contributed by atoms with Crippen LogP contribution in [-0.2, 0) is 6.54 Å². The molecule has 0 aliphatic carbocycles. The fraction of sp³-hybridized carbons (Fsp3) is 0.150. The third-order valence-corrected chi connectivity index (χ3v) is 4.33. The molecular formula is C20H18N+. The molecule has 0 N–H and O–H groups in total. The number of benzene rings is 3. The lowest BCUT2D eigenvalue weighted by Gasteiger charge is -2.03. The Morgan fingerprint density at radius 1 is 0.810 bits per heavy atom. The highest BCUT2D eigenvalue weighted by Crippen LogP contribution is 2.36. The van der Waals surface area contributed by atoms with E-state index in [0.29, 0.717) is 0 Å². The van der Waals surface area contributed by atoms with Crippen molar-refractivity contribution in [1.29, 1.82) is 0 Å². The van der Waals surface area contributed by atoms with Crippen LogP contribution in [0.2, 0.25) is 0 Å². The van der Waals surface area contributed by atoms with Gasteiger partial charge in [-0.25, -0.2) is 0 Å². The van der Waals surface area contributed by atoms with E-state index in [2.05, 4.69) is 78.2 Å². The smallest absolute Gasteiger partial charge is 0.191 e. The molecule has 0 fully saturated rings. The van der Waals surface area contributed by atoms with Gasteiger partial charge < -0.3 is 0 Å². The number of rotatable bonds is 3. The minimum absolute atomic E-state index is 0.942. The lowest BCUT2D eigenvalue weighted by Crippen LogP contribution is -2.12. The van der Waals surface area contributed by atoms with Gasteiger partial charge in [-0.1, -0.05) is 61.5 Å². The van der Waals surface area contributed by atoms with Crippen LogP contribution in [0.5, 0.6) is 0 Å². The van der Waals surface area contributed by atoms with Gasteiger partial charge in [0.25, 0.3) is 0 Å². The van der Waals surface area contributed by atoms with E-state index in [1.807, 2.05) is 0 Å². The normalized spacial score (nSPS) is 13.2. The predicted octanol–water partition coefficient (Wildman–Crippen LogP) is 4.90. The van der Waals surface area contributed by atoms with Crippen molar-refractivity contribution in [3.05, 3.63) is 77.9 Å². The quantitative estimate of drug-likeness (QED) is 0.597. The van der Waals surface area contributed by atoms with E-state index in [0.717, 1.165) is 13.0 Å². The van der Waals surface area contributed by atoms with E-state index in [-0.39, 0.29) is 0 Å². The van der Waals surface area contributed by atoms with Crippen LogP contribution in [0, 0.1) is 0 Å². The average Bonchev–Trinajstić information content (AvgIpc) is 2.84. The first-order valence-electron chi connectivity index (χ1n) is 7.58. The van der Waals surface area contributed by atoms with Crippen LogP contribution in [0.3, 0.4) is 0 Å². The zero-order valence-corrected chi connectivity index (χ0v) is 12.2. The Bertz CT molecular complexity index is 839. The molecule has 0 amide bonds. The summed E-state index contributed by atoms with van der Waals surface area (Å²) in [6.45, 7) is 3.19. The topological polar surface area (TPSA) is 3.01 Å². The number of hydrogen-bond donors (Lipinski definition) is 0. The van der Waals surface area contributed by atoms with Crippen molar-refractivity contribution < 1.29 is 4.58 Å². The molecule has 1 heteroatoms. The minimum atomic E-state index is 0.942. The molecule has 102 valence electrons. The van der Waals surface area contributed by atoms with Crippen LogP contribution in [0.4, 0.5) is 5.69 Å². The van der Waals surface area contributed by atoms with E-state index in [1.165, 1.54) is 33.3 Å². The lowest BCUT2D eigenvalue weighted by atomic mass is 10.0. The molecule has 0 radical (unpaired) electrons. The van der Waals surface area contributed by atoms with Crippen LogP contribution in [-0.4, -0.2) is 10.3 Å². The molecule has 0 saturated heterocycles. The molecule has 21 heavy (non-hydrogen) atoms. The molecule has 0 saturated carbocycles. The van der Waals surface area contributed by atoms with Gasteiger partial charge in [-0.2, -0.15) is 4.58 Å². The van der Waals surface area contributed by atoms with Crippen molar-refractivity contribution in [3.8, 4) is 0 Å². The van der Waals surface area contributed by atoms with Crippen molar-refractivity contribution in [2.24, 2.45) is 0 Å². The molecule has 1 aliphatic heterocycles. The van der Waals surface area contributed by atoms with Gasteiger partial charge in [-0.3, -0.25) is 0 Å². The fourth-order valence-electron chi connectivity index (χ4n) is 3.41. The second kappa shape index (κ2) is 4.85. The van der Waals surface area contributed by atoms with Gasteiger partial charge in [0.2, 0.25) is 5.69 Å². The maximum atomic E-state index is 2.48. The second-order valence-electron chi connectivity index (χ2n) is 5.55. The average molecular weight is 272 g/mol. The maximum absolute atomic E-state index is 2.48. The van der Waals surface area contributed by atoms with E-state index < -0.39 is 0 Å². The summed E-state index contributed by atoms with van der Waals surface area (Å²) in [5, 5.41) is 2.75. The molecule has 0 unspecified atom stereocenters. The molecule has 1 aliphatic rings. The summed E-state index contributed by atoms with van der Waals surface area (Å²) < 4.78 is 2.48. The molecule has 4 rings (SSSR count). The summed E-state index contributed by atoms with van der Waals surface area (Å²) in [6, 6.07) is 24.0. The van der Waals surface area contributed by atoms with Crippen molar-refractivity contribution in [2.75, 3.05) is 0 Å². The predicted molar refractivity (Wildman–Crippen MR) is 88.4 cm³/mol. The van der Waals surface area contributed by atoms with Crippen LogP contribution >= 0.6 is 0 Å². The Morgan fingerprint density at radius 2 is 1.57 bits per heavy atom. The van der Waals surface area contributed by atoms with Gasteiger partial charge >= 0.3 is 0 Å². The van der Waals surface area contributed by atoms with E-state index in [9.17, 15) is 0 Å². The van der Waals surface area contributed by atoms with Crippen LogP contribution in [0.25, 0.3) is 10.8 Å². The monoisotopic (exact) mass is 272 g/mol. The molecule has 0 atom stereocenters. The second-order valence-corrected chi connectivity index (χ2v) is 5.55. The lowest BCUT2D eigenvalue weighted by molar-refractivity contribution is -0.454. The zero-order valence-electron chi connectivity index (χ0n) is 12.2. The first-order valence-corrected chi connectivity index (χ1v) is 7.58. The highest BCUT2D eigenvalue weighted by atomic mass is 15.0. The third kappa shape index (κ3) is 1.89. The van der Waals surface area contributed by atoms with E-state index in [4.69, 9.17) is 0 Å². The maximum Gasteiger partial charge on any atom is 0.214 e. The summed E-state index contributed by atoms with van der Waals surface area (Å²) in [5.74, 6) is 0. The van der Waals surface area contributed by atoms with E-state index >= 15 is 0 Å². The van der Waals surface area contributed by atoms with Gasteiger partial charge in [0, 0.05) is 18.1 Å². The first kappa shape index (κ1) is 12.3. The first-order chi connectivity index (χ1) is 10.4. The standard InChI is InChI=1S/C20H18N/c1-2-18-17-12-6-10-16-11-7-13-19(20(16)17)21(18)14-15-8-4-3-5-9-15/h3-13H,2,14H2,1H3/q+1. The van der Waals surface area contributed by atoms with Crippen molar-refractivity contribution in [3.63, 3.8) is 0 Å². The van der Waals surface area contributed by atoms with Crippen LogP contribution < -0.4 is 0 Å². The van der Waals surface area contributed by atoms with Crippen molar-refractivity contribution in [2.45, 2.75) is 19.9 Å². The van der Waals surface area contributed by atoms with Crippen LogP contribution in [0.1, 0.15) is 24.5 Å². The Balaban J connectivity index is 1.92.